The van der Waals surface area contributed by atoms with Crippen LogP contribution in [-0.4, -0.2) is 9.91 Å². The smallest absolute Gasteiger partial charge is 0.272 e. The molecule has 0 radical (unpaired) electrons. The quantitative estimate of drug-likeness (QED) is 0.512. The van der Waals surface area contributed by atoms with Crippen LogP contribution in [0.3, 0.4) is 0 Å². The minimum Gasteiger partial charge on any atom is -0.487 e. The molecule has 0 amide bonds. The Morgan fingerprint density at radius 1 is 1.17 bits per heavy atom. The summed E-state index contributed by atoms with van der Waals surface area (Å²) in [5.74, 6) is 1.09. The molecule has 3 rings (SSSR count). The molecular weight excluding hydrogens is 308 g/mol. The van der Waals surface area contributed by atoms with E-state index in [4.69, 9.17) is 9.15 Å². The van der Waals surface area contributed by atoms with Crippen molar-refractivity contribution in [2.75, 3.05) is 0 Å². The second kappa shape index (κ2) is 6.54. The number of nitro benzene ring substituents is 1. The van der Waals surface area contributed by atoms with Crippen molar-refractivity contribution in [3.8, 4) is 17.2 Å². The zero-order valence-electron chi connectivity index (χ0n) is 13.4. The number of ether oxygens (including phenoxy) is 1. The van der Waals surface area contributed by atoms with E-state index in [1.807, 2.05) is 31.2 Å². The predicted molar refractivity (Wildman–Crippen MR) is 88.8 cm³/mol. The average Bonchev–Trinajstić information content (AvgIpc) is 3.02. The van der Waals surface area contributed by atoms with Crippen LogP contribution in [0.25, 0.3) is 11.5 Å². The van der Waals surface area contributed by atoms with Gasteiger partial charge < -0.3 is 9.15 Å². The average molecular weight is 324 g/mol. The third-order valence-electron chi connectivity index (χ3n) is 3.60. The number of nitro groups is 1. The first-order chi connectivity index (χ1) is 11.5. The van der Waals surface area contributed by atoms with E-state index in [0.29, 0.717) is 22.9 Å². The van der Waals surface area contributed by atoms with Crippen LogP contribution in [0, 0.1) is 24.0 Å². The number of aromatic nitrogens is 1. The standard InChI is InChI=1S/C18H16N2O4/c1-12-3-5-14(6-4-12)18-19-15(11-24-18)10-23-16-7-8-17(20(21)22)13(2)9-16/h3-9,11H,10H2,1-2H3. The molecular formula is C18H16N2O4. The Hall–Kier alpha value is -3.15. The summed E-state index contributed by atoms with van der Waals surface area (Å²) in [7, 11) is 0. The highest BCUT2D eigenvalue weighted by atomic mass is 16.6. The van der Waals surface area contributed by atoms with E-state index >= 15 is 0 Å². The molecule has 1 heterocycles. The minimum atomic E-state index is -0.412. The molecule has 0 bridgehead atoms. The van der Waals surface area contributed by atoms with Gasteiger partial charge in [0.15, 0.2) is 0 Å². The highest BCUT2D eigenvalue weighted by Crippen LogP contribution is 2.24. The maximum Gasteiger partial charge on any atom is 0.272 e. The summed E-state index contributed by atoms with van der Waals surface area (Å²) < 4.78 is 11.1. The molecule has 0 fully saturated rings. The van der Waals surface area contributed by atoms with Gasteiger partial charge in [0, 0.05) is 17.2 Å². The van der Waals surface area contributed by atoms with E-state index in [1.54, 1.807) is 25.3 Å². The SMILES string of the molecule is Cc1ccc(-c2nc(COc3ccc([N+](=O)[O-])c(C)c3)co2)cc1. The van der Waals surface area contributed by atoms with Gasteiger partial charge in [-0.25, -0.2) is 4.98 Å². The van der Waals surface area contributed by atoms with Crippen molar-refractivity contribution in [3.05, 3.63) is 75.7 Å². The minimum absolute atomic E-state index is 0.0745. The van der Waals surface area contributed by atoms with Gasteiger partial charge in [-0.2, -0.15) is 0 Å². The number of hydrogen-bond donors (Lipinski definition) is 0. The zero-order valence-corrected chi connectivity index (χ0v) is 13.4. The van der Waals surface area contributed by atoms with Crippen molar-refractivity contribution in [1.29, 1.82) is 0 Å². The van der Waals surface area contributed by atoms with Crippen molar-refractivity contribution in [2.45, 2.75) is 20.5 Å². The molecule has 0 atom stereocenters. The van der Waals surface area contributed by atoms with E-state index in [-0.39, 0.29) is 12.3 Å². The second-order valence-electron chi connectivity index (χ2n) is 5.50. The Labute approximate surface area is 138 Å². The van der Waals surface area contributed by atoms with Crippen molar-refractivity contribution in [2.24, 2.45) is 0 Å². The van der Waals surface area contributed by atoms with Gasteiger partial charge >= 0.3 is 0 Å². The third kappa shape index (κ3) is 3.43. The van der Waals surface area contributed by atoms with Gasteiger partial charge in [0.1, 0.15) is 24.3 Å². The van der Waals surface area contributed by atoms with Crippen molar-refractivity contribution in [1.82, 2.24) is 4.98 Å². The molecule has 6 heteroatoms. The number of aryl methyl sites for hydroxylation is 2. The van der Waals surface area contributed by atoms with Crippen LogP contribution in [0.1, 0.15) is 16.8 Å². The van der Waals surface area contributed by atoms with Gasteiger partial charge in [-0.15, -0.1) is 0 Å². The van der Waals surface area contributed by atoms with Crippen LogP contribution in [0.4, 0.5) is 5.69 Å². The first-order valence-electron chi connectivity index (χ1n) is 7.42. The molecule has 3 aromatic rings. The molecule has 6 nitrogen and oxygen atoms in total. The molecule has 0 aliphatic carbocycles. The summed E-state index contributed by atoms with van der Waals surface area (Å²) in [5, 5.41) is 10.8. The first-order valence-corrected chi connectivity index (χ1v) is 7.42. The third-order valence-corrected chi connectivity index (χ3v) is 3.60. The Balaban J connectivity index is 1.68. The lowest BCUT2D eigenvalue weighted by Crippen LogP contribution is -1.97. The van der Waals surface area contributed by atoms with Crippen LogP contribution >= 0.6 is 0 Å². The van der Waals surface area contributed by atoms with Gasteiger partial charge in [0.05, 0.1) is 4.92 Å². The molecule has 0 unspecified atom stereocenters. The summed E-state index contributed by atoms with van der Waals surface area (Å²) in [6.45, 7) is 3.92. The van der Waals surface area contributed by atoms with E-state index in [1.165, 1.54) is 11.6 Å². The fourth-order valence-corrected chi connectivity index (χ4v) is 2.28. The highest BCUT2D eigenvalue weighted by Gasteiger charge is 2.11. The normalized spacial score (nSPS) is 10.6. The molecule has 0 aliphatic rings. The van der Waals surface area contributed by atoms with Crippen molar-refractivity contribution < 1.29 is 14.1 Å². The Bertz CT molecular complexity index is 869. The summed E-state index contributed by atoms with van der Waals surface area (Å²) in [5.41, 5.74) is 3.35. The van der Waals surface area contributed by atoms with Gasteiger partial charge in [0.25, 0.3) is 5.69 Å². The van der Waals surface area contributed by atoms with E-state index in [9.17, 15) is 10.1 Å². The largest absolute Gasteiger partial charge is 0.487 e. The molecule has 0 aliphatic heterocycles. The lowest BCUT2D eigenvalue weighted by molar-refractivity contribution is -0.385. The van der Waals surface area contributed by atoms with E-state index < -0.39 is 4.92 Å². The summed E-state index contributed by atoms with van der Waals surface area (Å²) >= 11 is 0. The number of oxazole rings is 1. The maximum absolute atomic E-state index is 10.8. The van der Waals surface area contributed by atoms with Crippen LogP contribution in [0.2, 0.25) is 0 Å². The molecule has 0 saturated heterocycles. The summed E-state index contributed by atoms with van der Waals surface area (Å²) in [6.07, 6.45) is 1.55. The molecule has 0 saturated carbocycles. The molecule has 0 N–H and O–H groups in total. The summed E-state index contributed by atoms with van der Waals surface area (Å²) in [4.78, 5) is 14.8. The Kier molecular flexibility index (Phi) is 4.29. The van der Waals surface area contributed by atoms with Gasteiger partial charge in [-0.3, -0.25) is 10.1 Å². The van der Waals surface area contributed by atoms with Crippen LogP contribution in [-0.2, 0) is 6.61 Å². The maximum atomic E-state index is 10.8. The number of benzene rings is 2. The van der Waals surface area contributed by atoms with Crippen LogP contribution in [0.5, 0.6) is 5.75 Å². The summed E-state index contributed by atoms with van der Waals surface area (Å²) in [6, 6.07) is 12.5. The van der Waals surface area contributed by atoms with Gasteiger partial charge in [0.2, 0.25) is 5.89 Å². The molecule has 1 aromatic heterocycles. The van der Waals surface area contributed by atoms with Gasteiger partial charge in [-0.1, -0.05) is 17.7 Å². The van der Waals surface area contributed by atoms with Crippen LogP contribution < -0.4 is 4.74 Å². The van der Waals surface area contributed by atoms with Crippen LogP contribution in [0.15, 0.2) is 53.1 Å². The highest BCUT2D eigenvalue weighted by molar-refractivity contribution is 5.53. The van der Waals surface area contributed by atoms with Gasteiger partial charge in [-0.05, 0) is 38.1 Å². The molecule has 122 valence electrons. The van der Waals surface area contributed by atoms with E-state index in [2.05, 4.69) is 4.98 Å². The second-order valence-corrected chi connectivity index (χ2v) is 5.50. The number of nitrogens with zero attached hydrogens (tertiary/aromatic N) is 2. The Morgan fingerprint density at radius 3 is 2.58 bits per heavy atom. The van der Waals surface area contributed by atoms with Crippen molar-refractivity contribution in [3.63, 3.8) is 0 Å². The lowest BCUT2D eigenvalue weighted by Gasteiger charge is -2.05. The fourth-order valence-electron chi connectivity index (χ4n) is 2.28. The Morgan fingerprint density at radius 2 is 1.92 bits per heavy atom. The predicted octanol–water partition coefficient (Wildman–Crippen LogP) is 4.45. The fraction of sp³-hybridized carbons (Fsp3) is 0.167. The molecule has 0 spiro atoms. The van der Waals surface area contributed by atoms with E-state index in [0.717, 1.165) is 5.56 Å². The zero-order chi connectivity index (χ0) is 17.1. The monoisotopic (exact) mass is 324 g/mol. The molecule has 2 aromatic carbocycles. The van der Waals surface area contributed by atoms with Crippen molar-refractivity contribution >= 4 is 5.69 Å². The first kappa shape index (κ1) is 15.7. The molecule has 24 heavy (non-hydrogen) atoms. The number of rotatable bonds is 5. The number of hydrogen-bond acceptors (Lipinski definition) is 5. The topological polar surface area (TPSA) is 78.4 Å². The lowest BCUT2D eigenvalue weighted by atomic mass is 10.1.